The van der Waals surface area contributed by atoms with Gasteiger partial charge in [0.25, 0.3) is 5.82 Å². The molecule has 1 N–H and O–H groups in total. The molecule has 24 heavy (non-hydrogen) atoms. The van der Waals surface area contributed by atoms with E-state index in [1.54, 1.807) is 0 Å². The minimum absolute atomic E-state index is 0.0360. The second-order valence-electron chi connectivity index (χ2n) is 4.20. The Morgan fingerprint density at radius 3 is 2.62 bits per heavy atom. The standard InChI is InChI=1S/C12H9F5N4O2S/c1-22-8-4-6(2-3-7(8)23-10(13)14)5-18-21-9(12(15,16)17)19-20-11(21)24/h2-5,10H,1H3,(H,20,24). The van der Waals surface area contributed by atoms with Gasteiger partial charge in [-0.15, -0.1) is 5.10 Å². The summed E-state index contributed by atoms with van der Waals surface area (Å²) in [7, 11) is 1.22. The fourth-order valence-corrected chi connectivity index (χ4v) is 1.84. The van der Waals surface area contributed by atoms with Crippen molar-refractivity contribution < 1.29 is 31.4 Å². The number of hydrogen-bond donors (Lipinski definition) is 1. The number of benzene rings is 1. The van der Waals surface area contributed by atoms with Gasteiger partial charge in [0.05, 0.1) is 13.3 Å². The molecule has 0 atom stereocenters. The SMILES string of the molecule is COc1cc(C=Nn2c(C(F)(F)F)n[nH]c2=S)ccc1OC(F)F. The predicted octanol–water partition coefficient (Wildman–Crippen LogP) is 3.45. The summed E-state index contributed by atoms with van der Waals surface area (Å²) in [5.74, 6) is -1.58. The lowest BCUT2D eigenvalue weighted by molar-refractivity contribution is -0.147. The van der Waals surface area contributed by atoms with E-state index in [2.05, 4.69) is 27.2 Å². The van der Waals surface area contributed by atoms with Gasteiger partial charge in [0.1, 0.15) is 0 Å². The molecule has 6 nitrogen and oxygen atoms in total. The van der Waals surface area contributed by atoms with Crippen molar-refractivity contribution in [1.82, 2.24) is 14.9 Å². The average molecular weight is 368 g/mol. The molecule has 1 heterocycles. The van der Waals surface area contributed by atoms with E-state index in [1.807, 2.05) is 5.10 Å². The fourth-order valence-electron chi connectivity index (χ4n) is 1.66. The third kappa shape index (κ3) is 4.07. The molecule has 0 aliphatic carbocycles. The maximum Gasteiger partial charge on any atom is 0.453 e. The van der Waals surface area contributed by atoms with Gasteiger partial charge in [0.15, 0.2) is 11.5 Å². The highest BCUT2D eigenvalue weighted by Gasteiger charge is 2.37. The summed E-state index contributed by atoms with van der Waals surface area (Å²) in [4.78, 5) is 0. The summed E-state index contributed by atoms with van der Waals surface area (Å²) >= 11 is 4.68. The molecule has 0 fully saturated rings. The summed E-state index contributed by atoms with van der Waals surface area (Å²) < 4.78 is 71.9. The molecule has 0 aliphatic heterocycles. The monoisotopic (exact) mass is 368 g/mol. The zero-order valence-corrected chi connectivity index (χ0v) is 12.7. The summed E-state index contributed by atoms with van der Waals surface area (Å²) in [6.07, 6.45) is -3.72. The van der Waals surface area contributed by atoms with E-state index in [-0.39, 0.29) is 21.8 Å². The second-order valence-corrected chi connectivity index (χ2v) is 4.58. The molecule has 1 aromatic carbocycles. The molecular formula is C12H9F5N4O2S. The van der Waals surface area contributed by atoms with Gasteiger partial charge in [-0.25, -0.2) is 5.10 Å². The highest BCUT2D eigenvalue weighted by atomic mass is 32.1. The Hall–Kier alpha value is -2.50. The lowest BCUT2D eigenvalue weighted by Crippen LogP contribution is -2.12. The van der Waals surface area contributed by atoms with Crippen LogP contribution in [0.1, 0.15) is 11.4 Å². The molecule has 0 saturated carbocycles. The Bertz CT molecular complexity index is 799. The van der Waals surface area contributed by atoms with Gasteiger partial charge < -0.3 is 9.47 Å². The van der Waals surface area contributed by atoms with Gasteiger partial charge in [-0.3, -0.25) is 0 Å². The van der Waals surface area contributed by atoms with E-state index in [9.17, 15) is 22.0 Å². The Morgan fingerprint density at radius 2 is 2.04 bits per heavy atom. The molecule has 0 spiro atoms. The lowest BCUT2D eigenvalue weighted by Gasteiger charge is -2.10. The Balaban J connectivity index is 2.34. The van der Waals surface area contributed by atoms with E-state index < -0.39 is 18.6 Å². The molecule has 0 unspecified atom stereocenters. The number of ether oxygens (including phenoxy) is 2. The van der Waals surface area contributed by atoms with Crippen molar-refractivity contribution in [3.8, 4) is 11.5 Å². The first-order valence-corrected chi connectivity index (χ1v) is 6.55. The first-order chi connectivity index (χ1) is 11.2. The van der Waals surface area contributed by atoms with Gasteiger partial charge in [-0.2, -0.15) is 31.7 Å². The number of halogens is 5. The zero-order valence-electron chi connectivity index (χ0n) is 11.8. The molecule has 2 rings (SSSR count). The van der Waals surface area contributed by atoms with Crippen LogP contribution in [0.25, 0.3) is 0 Å². The predicted molar refractivity (Wildman–Crippen MR) is 75.0 cm³/mol. The minimum Gasteiger partial charge on any atom is -0.493 e. The van der Waals surface area contributed by atoms with E-state index in [0.717, 1.165) is 6.21 Å². The summed E-state index contributed by atoms with van der Waals surface area (Å²) in [6, 6.07) is 3.74. The van der Waals surface area contributed by atoms with Crippen LogP contribution in [0.5, 0.6) is 11.5 Å². The highest BCUT2D eigenvalue weighted by Crippen LogP contribution is 2.29. The van der Waals surface area contributed by atoms with Crippen LogP contribution in [0.4, 0.5) is 22.0 Å². The molecule has 0 aliphatic rings. The van der Waals surface area contributed by atoms with Crippen LogP contribution < -0.4 is 9.47 Å². The topological polar surface area (TPSA) is 64.4 Å². The number of methoxy groups -OCH3 is 1. The maximum atomic E-state index is 12.7. The van der Waals surface area contributed by atoms with E-state index >= 15 is 0 Å². The van der Waals surface area contributed by atoms with Gasteiger partial charge in [-0.05, 0) is 36.0 Å². The molecule has 0 saturated heterocycles. The number of aromatic nitrogens is 3. The van der Waals surface area contributed by atoms with Gasteiger partial charge in [-0.1, -0.05) is 0 Å². The smallest absolute Gasteiger partial charge is 0.453 e. The highest BCUT2D eigenvalue weighted by molar-refractivity contribution is 7.71. The molecule has 1 aromatic heterocycles. The van der Waals surface area contributed by atoms with Crippen molar-refractivity contribution in [3.63, 3.8) is 0 Å². The molecule has 12 heteroatoms. The van der Waals surface area contributed by atoms with Crippen LogP contribution in [0.3, 0.4) is 0 Å². The lowest BCUT2D eigenvalue weighted by atomic mass is 10.2. The number of aromatic amines is 1. The Labute approximate surface area is 136 Å². The largest absolute Gasteiger partial charge is 0.493 e. The van der Waals surface area contributed by atoms with Crippen LogP contribution >= 0.6 is 12.2 Å². The summed E-state index contributed by atoms with van der Waals surface area (Å²) in [6.45, 7) is -3.04. The number of nitrogens with zero attached hydrogens (tertiary/aromatic N) is 3. The molecule has 0 radical (unpaired) electrons. The molecule has 130 valence electrons. The van der Waals surface area contributed by atoms with Crippen molar-refractivity contribution >= 4 is 18.4 Å². The third-order valence-corrected chi connectivity index (χ3v) is 2.89. The molecular weight excluding hydrogens is 359 g/mol. The number of rotatable bonds is 5. The van der Waals surface area contributed by atoms with E-state index in [0.29, 0.717) is 4.68 Å². The van der Waals surface area contributed by atoms with Gasteiger partial charge in [0, 0.05) is 0 Å². The maximum absolute atomic E-state index is 12.7. The van der Waals surface area contributed by atoms with Crippen molar-refractivity contribution in [2.24, 2.45) is 5.10 Å². The number of hydrogen-bond acceptors (Lipinski definition) is 5. The summed E-state index contributed by atoms with van der Waals surface area (Å²) in [5, 5.41) is 8.64. The van der Waals surface area contributed by atoms with E-state index in [4.69, 9.17) is 4.74 Å². The van der Waals surface area contributed by atoms with Crippen LogP contribution in [0, 0.1) is 4.77 Å². The first-order valence-electron chi connectivity index (χ1n) is 6.14. The second kappa shape index (κ2) is 6.95. The van der Waals surface area contributed by atoms with Crippen molar-refractivity contribution in [1.29, 1.82) is 0 Å². The van der Waals surface area contributed by atoms with Crippen molar-refractivity contribution in [2.75, 3.05) is 7.11 Å². The van der Waals surface area contributed by atoms with Gasteiger partial charge >= 0.3 is 12.8 Å². The molecule has 0 amide bonds. The number of nitrogens with one attached hydrogen (secondary N) is 1. The van der Waals surface area contributed by atoms with Crippen LogP contribution in [0.2, 0.25) is 0 Å². The zero-order chi connectivity index (χ0) is 17.9. The fraction of sp³-hybridized carbons (Fsp3) is 0.250. The quantitative estimate of drug-likeness (QED) is 0.499. The van der Waals surface area contributed by atoms with Crippen molar-refractivity contribution in [3.05, 3.63) is 34.4 Å². The van der Waals surface area contributed by atoms with Gasteiger partial charge in [0.2, 0.25) is 4.77 Å². The average Bonchev–Trinajstić information content (AvgIpc) is 2.86. The Morgan fingerprint density at radius 1 is 1.33 bits per heavy atom. The molecule has 0 bridgehead atoms. The number of alkyl halides is 5. The molecule has 2 aromatic rings. The van der Waals surface area contributed by atoms with Crippen LogP contribution in [-0.4, -0.2) is 34.8 Å². The van der Waals surface area contributed by atoms with Crippen molar-refractivity contribution in [2.45, 2.75) is 12.8 Å². The number of H-pyrrole nitrogens is 1. The van der Waals surface area contributed by atoms with Crippen LogP contribution in [0.15, 0.2) is 23.3 Å². The normalized spacial score (nSPS) is 12.1. The third-order valence-electron chi connectivity index (χ3n) is 2.63. The Kier molecular flexibility index (Phi) is 5.17. The minimum atomic E-state index is -4.75. The van der Waals surface area contributed by atoms with E-state index in [1.165, 1.54) is 25.3 Å². The summed E-state index contributed by atoms with van der Waals surface area (Å²) in [5.41, 5.74) is 0.268. The first kappa shape index (κ1) is 17.8. The van der Waals surface area contributed by atoms with Crippen LogP contribution in [-0.2, 0) is 6.18 Å².